The molecule has 1 heterocycles. The van der Waals surface area contributed by atoms with Crippen LogP contribution in [0.15, 0.2) is 65.2 Å². The number of halogens is 1. The average molecular weight is 424 g/mol. The van der Waals surface area contributed by atoms with E-state index in [1.165, 1.54) is 36.4 Å². The topological polar surface area (TPSA) is 96.3 Å². The summed E-state index contributed by atoms with van der Waals surface area (Å²) in [4.78, 5) is 24.5. The van der Waals surface area contributed by atoms with Crippen molar-refractivity contribution in [3.63, 3.8) is 0 Å². The molecule has 3 aromatic rings. The Balaban J connectivity index is 1.56. The van der Waals surface area contributed by atoms with Gasteiger partial charge in [0.1, 0.15) is 22.8 Å². The molecule has 3 rings (SSSR count). The van der Waals surface area contributed by atoms with Gasteiger partial charge in [-0.25, -0.2) is 4.39 Å². The lowest BCUT2D eigenvalue weighted by Crippen LogP contribution is -2.48. The summed E-state index contributed by atoms with van der Waals surface area (Å²) in [5, 5.41) is 6.23. The summed E-state index contributed by atoms with van der Waals surface area (Å²) in [5.41, 5.74) is 6.88. The molecule has 0 radical (unpaired) electrons. The van der Waals surface area contributed by atoms with E-state index >= 15 is 0 Å². The minimum Gasteiger partial charge on any atom is -0.360 e. The first-order chi connectivity index (χ1) is 14.4. The van der Waals surface area contributed by atoms with Gasteiger partial charge in [0.05, 0.1) is 0 Å². The molecular weight excluding hydrogens is 407 g/mol. The van der Waals surface area contributed by atoms with Crippen molar-refractivity contribution in [2.24, 2.45) is 0 Å². The van der Waals surface area contributed by atoms with Crippen LogP contribution >= 0.6 is 12.2 Å². The number of hydrazine groups is 1. The van der Waals surface area contributed by atoms with E-state index in [1.54, 1.807) is 19.1 Å². The van der Waals surface area contributed by atoms with Gasteiger partial charge in [0.15, 0.2) is 5.11 Å². The Morgan fingerprint density at radius 1 is 1.07 bits per heavy atom. The van der Waals surface area contributed by atoms with E-state index in [4.69, 9.17) is 16.7 Å². The molecule has 0 aliphatic heterocycles. The summed E-state index contributed by atoms with van der Waals surface area (Å²) in [7, 11) is 0. The minimum atomic E-state index is -0.522. The van der Waals surface area contributed by atoms with E-state index in [0.29, 0.717) is 17.0 Å². The van der Waals surface area contributed by atoms with E-state index in [0.717, 1.165) is 5.56 Å². The summed E-state index contributed by atoms with van der Waals surface area (Å²) >= 11 is 5.00. The SMILES string of the molecule is Cc1onc(-c2ccccc2)c1C(=O)NNC(=S)NC(=O)/C=C/c1ccc(F)cc1. The van der Waals surface area contributed by atoms with E-state index in [2.05, 4.69) is 21.3 Å². The predicted octanol–water partition coefficient (Wildman–Crippen LogP) is 3.14. The van der Waals surface area contributed by atoms with Gasteiger partial charge in [-0.3, -0.25) is 25.8 Å². The molecule has 0 aliphatic carbocycles. The summed E-state index contributed by atoms with van der Waals surface area (Å²) in [5.74, 6) is -1.06. The second kappa shape index (κ2) is 9.57. The zero-order valence-electron chi connectivity index (χ0n) is 15.8. The highest BCUT2D eigenvalue weighted by Gasteiger charge is 2.21. The minimum absolute atomic E-state index is 0.104. The number of rotatable bonds is 4. The summed E-state index contributed by atoms with van der Waals surface area (Å²) < 4.78 is 18.0. The molecule has 0 atom stereocenters. The number of benzene rings is 2. The smallest absolute Gasteiger partial charge is 0.275 e. The number of aromatic nitrogens is 1. The monoisotopic (exact) mass is 424 g/mol. The fourth-order valence-electron chi connectivity index (χ4n) is 2.54. The first kappa shape index (κ1) is 20.9. The molecule has 0 unspecified atom stereocenters. The summed E-state index contributed by atoms with van der Waals surface area (Å²) in [6, 6.07) is 14.7. The molecule has 0 saturated heterocycles. The molecule has 2 amide bonds. The van der Waals surface area contributed by atoms with Crippen LogP contribution in [0.1, 0.15) is 21.7 Å². The first-order valence-corrected chi connectivity index (χ1v) is 9.21. The van der Waals surface area contributed by atoms with Crippen molar-refractivity contribution in [1.82, 2.24) is 21.3 Å². The normalized spacial score (nSPS) is 10.6. The molecule has 30 heavy (non-hydrogen) atoms. The van der Waals surface area contributed by atoms with Crippen LogP contribution in [0.4, 0.5) is 4.39 Å². The fraction of sp³-hybridized carbons (Fsp3) is 0.0476. The summed E-state index contributed by atoms with van der Waals surface area (Å²) in [6.45, 7) is 1.62. The first-order valence-electron chi connectivity index (χ1n) is 8.80. The number of carbonyl (C=O) groups excluding carboxylic acids is 2. The molecule has 0 saturated carbocycles. The number of amides is 2. The van der Waals surface area contributed by atoms with Gasteiger partial charge in [-0.05, 0) is 42.9 Å². The molecule has 152 valence electrons. The third kappa shape index (κ3) is 5.36. The maximum atomic E-state index is 12.9. The molecule has 0 spiro atoms. The zero-order valence-corrected chi connectivity index (χ0v) is 16.6. The van der Waals surface area contributed by atoms with Crippen LogP contribution in [-0.4, -0.2) is 22.1 Å². The second-order valence-corrected chi connectivity index (χ2v) is 6.52. The van der Waals surface area contributed by atoms with Gasteiger partial charge >= 0.3 is 0 Å². The molecule has 0 aliphatic rings. The third-order valence-electron chi connectivity index (χ3n) is 3.96. The van der Waals surface area contributed by atoms with Gasteiger partial charge < -0.3 is 4.52 Å². The van der Waals surface area contributed by atoms with Gasteiger partial charge in [-0.1, -0.05) is 47.6 Å². The van der Waals surface area contributed by atoms with Gasteiger partial charge in [0.2, 0.25) is 5.91 Å². The molecule has 2 aromatic carbocycles. The van der Waals surface area contributed by atoms with Gasteiger partial charge in [0, 0.05) is 11.6 Å². The zero-order chi connectivity index (χ0) is 21.5. The molecule has 9 heteroatoms. The average Bonchev–Trinajstić information content (AvgIpc) is 3.14. The largest absolute Gasteiger partial charge is 0.360 e. The molecule has 3 N–H and O–H groups in total. The van der Waals surface area contributed by atoms with Crippen LogP contribution in [0.5, 0.6) is 0 Å². The molecular formula is C21H17FN4O3S. The van der Waals surface area contributed by atoms with Crippen molar-refractivity contribution in [3.8, 4) is 11.3 Å². The number of hydrogen-bond acceptors (Lipinski definition) is 5. The number of hydrogen-bond donors (Lipinski definition) is 3. The molecule has 0 bridgehead atoms. The Bertz CT molecular complexity index is 1100. The van der Waals surface area contributed by atoms with Gasteiger partial charge in [-0.2, -0.15) is 0 Å². The van der Waals surface area contributed by atoms with Crippen LogP contribution in [0.3, 0.4) is 0 Å². The Morgan fingerprint density at radius 2 is 1.77 bits per heavy atom. The van der Waals surface area contributed by atoms with Crippen LogP contribution < -0.4 is 16.2 Å². The standard InChI is InChI=1S/C21H17FN4O3S/c1-13-18(19(26-29-13)15-5-3-2-4-6-15)20(28)24-25-21(30)23-17(27)12-9-14-7-10-16(22)11-8-14/h2-12H,1H3,(H,24,28)(H2,23,25,27,30)/b12-9+. The number of aryl methyl sites for hydroxylation is 1. The van der Waals surface area contributed by atoms with Crippen molar-refractivity contribution < 1.29 is 18.5 Å². The van der Waals surface area contributed by atoms with Crippen LogP contribution in [-0.2, 0) is 4.79 Å². The van der Waals surface area contributed by atoms with E-state index in [1.807, 2.05) is 18.2 Å². The third-order valence-corrected chi connectivity index (χ3v) is 4.16. The summed E-state index contributed by atoms with van der Waals surface area (Å²) in [6.07, 6.45) is 2.74. The number of thiocarbonyl (C=S) groups is 1. The maximum absolute atomic E-state index is 12.9. The molecule has 1 aromatic heterocycles. The van der Waals surface area contributed by atoms with Crippen LogP contribution in [0.2, 0.25) is 0 Å². The predicted molar refractivity (Wildman–Crippen MR) is 113 cm³/mol. The quantitative estimate of drug-likeness (QED) is 0.338. The number of carbonyl (C=O) groups is 2. The van der Waals surface area contributed by atoms with Crippen molar-refractivity contribution in [2.75, 3.05) is 0 Å². The fourth-order valence-corrected chi connectivity index (χ4v) is 2.69. The van der Waals surface area contributed by atoms with Crippen molar-refractivity contribution >= 4 is 35.2 Å². The highest BCUT2D eigenvalue weighted by atomic mass is 32.1. The highest BCUT2D eigenvalue weighted by Crippen LogP contribution is 2.24. The van der Waals surface area contributed by atoms with Crippen LogP contribution in [0, 0.1) is 12.7 Å². The molecule has 7 nitrogen and oxygen atoms in total. The number of nitrogens with one attached hydrogen (secondary N) is 3. The van der Waals surface area contributed by atoms with E-state index in [9.17, 15) is 14.0 Å². The lowest BCUT2D eigenvalue weighted by atomic mass is 10.1. The Kier molecular flexibility index (Phi) is 6.66. The molecule has 0 fully saturated rings. The Labute approximate surface area is 176 Å². The maximum Gasteiger partial charge on any atom is 0.275 e. The van der Waals surface area contributed by atoms with E-state index in [-0.39, 0.29) is 16.5 Å². The lowest BCUT2D eigenvalue weighted by Gasteiger charge is -2.10. The highest BCUT2D eigenvalue weighted by molar-refractivity contribution is 7.80. The van der Waals surface area contributed by atoms with Crippen molar-refractivity contribution in [2.45, 2.75) is 6.92 Å². The van der Waals surface area contributed by atoms with Crippen LogP contribution in [0.25, 0.3) is 17.3 Å². The van der Waals surface area contributed by atoms with E-state index < -0.39 is 11.8 Å². The second-order valence-electron chi connectivity index (χ2n) is 6.11. The van der Waals surface area contributed by atoms with Gasteiger partial charge in [-0.15, -0.1) is 0 Å². The van der Waals surface area contributed by atoms with Crippen molar-refractivity contribution in [3.05, 3.63) is 83.4 Å². The lowest BCUT2D eigenvalue weighted by molar-refractivity contribution is -0.115. The van der Waals surface area contributed by atoms with Crippen molar-refractivity contribution in [1.29, 1.82) is 0 Å². The Morgan fingerprint density at radius 3 is 2.47 bits per heavy atom. The number of nitrogens with zero attached hydrogens (tertiary/aromatic N) is 1. The Hall–Kier alpha value is -3.85. The van der Waals surface area contributed by atoms with Gasteiger partial charge in [0.25, 0.3) is 5.91 Å².